The van der Waals surface area contributed by atoms with Crippen molar-refractivity contribution in [1.29, 1.82) is 0 Å². The molecule has 0 saturated carbocycles. The molecule has 8 nitrogen and oxygen atoms in total. The highest BCUT2D eigenvalue weighted by Crippen LogP contribution is 2.31. The van der Waals surface area contributed by atoms with Gasteiger partial charge in [0.05, 0.1) is 23.2 Å². The van der Waals surface area contributed by atoms with Crippen LogP contribution in [0.15, 0.2) is 42.5 Å². The van der Waals surface area contributed by atoms with Crippen LogP contribution in [0, 0.1) is 0 Å². The SMILES string of the molecule is CC(CO)(Nc1nc2c(CCNC(N)=O)cccc2[nH]1)c1cccc(OC(F)(F)F)c1. The summed E-state index contributed by atoms with van der Waals surface area (Å²) >= 11 is 0. The van der Waals surface area contributed by atoms with Gasteiger partial charge in [0, 0.05) is 6.54 Å². The number of nitrogens with zero attached hydrogens (tertiary/aromatic N) is 1. The number of rotatable bonds is 8. The van der Waals surface area contributed by atoms with Crippen molar-refractivity contribution in [3.05, 3.63) is 53.6 Å². The fourth-order valence-corrected chi connectivity index (χ4v) is 3.17. The summed E-state index contributed by atoms with van der Waals surface area (Å²) in [5.74, 6) is -0.0654. The van der Waals surface area contributed by atoms with Crippen LogP contribution in [0.1, 0.15) is 18.1 Å². The van der Waals surface area contributed by atoms with Crippen LogP contribution in [0.2, 0.25) is 0 Å². The van der Waals surface area contributed by atoms with Crippen LogP contribution in [0.5, 0.6) is 5.75 Å². The minimum Gasteiger partial charge on any atom is -0.406 e. The number of alkyl halides is 3. The average Bonchev–Trinajstić information content (AvgIpc) is 3.09. The molecule has 0 aliphatic rings. The second kappa shape index (κ2) is 8.72. The molecule has 1 unspecified atom stereocenters. The topological polar surface area (TPSA) is 125 Å². The number of primary amides is 1. The number of amides is 2. The molecule has 3 rings (SSSR count). The number of benzene rings is 2. The molecule has 0 bridgehead atoms. The Bertz CT molecular complexity index is 1070. The van der Waals surface area contributed by atoms with Gasteiger partial charge in [-0.1, -0.05) is 24.3 Å². The minimum absolute atomic E-state index is 0.323. The number of aliphatic hydroxyl groups is 1. The van der Waals surface area contributed by atoms with Gasteiger partial charge in [0.15, 0.2) is 0 Å². The van der Waals surface area contributed by atoms with Gasteiger partial charge in [-0.25, -0.2) is 9.78 Å². The maximum Gasteiger partial charge on any atom is 0.573 e. The summed E-state index contributed by atoms with van der Waals surface area (Å²) in [6.07, 6.45) is -4.32. The number of aromatic nitrogens is 2. The van der Waals surface area contributed by atoms with Crippen LogP contribution < -0.4 is 21.1 Å². The fraction of sp³-hybridized carbons (Fsp3) is 0.300. The summed E-state index contributed by atoms with van der Waals surface area (Å²) in [7, 11) is 0. The summed E-state index contributed by atoms with van der Waals surface area (Å²) < 4.78 is 41.6. The van der Waals surface area contributed by atoms with E-state index in [2.05, 4.69) is 25.3 Å². The number of anilines is 1. The first-order valence-corrected chi connectivity index (χ1v) is 9.36. The molecule has 0 spiro atoms. The zero-order valence-corrected chi connectivity index (χ0v) is 16.6. The van der Waals surface area contributed by atoms with Gasteiger partial charge in [0.1, 0.15) is 5.75 Å². The minimum atomic E-state index is -4.82. The molecule has 1 atom stereocenters. The quantitative estimate of drug-likeness (QED) is 0.371. The van der Waals surface area contributed by atoms with Crippen LogP contribution in [0.4, 0.5) is 23.9 Å². The molecule has 0 aliphatic carbocycles. The van der Waals surface area contributed by atoms with Gasteiger partial charge in [0.25, 0.3) is 0 Å². The Morgan fingerprint density at radius 1 is 1.26 bits per heavy atom. The molecule has 2 aromatic carbocycles. The lowest BCUT2D eigenvalue weighted by molar-refractivity contribution is -0.274. The third kappa shape index (κ3) is 5.57. The highest BCUT2D eigenvalue weighted by molar-refractivity contribution is 5.81. The predicted molar refractivity (Wildman–Crippen MR) is 109 cm³/mol. The van der Waals surface area contributed by atoms with Crippen molar-refractivity contribution in [2.45, 2.75) is 25.2 Å². The van der Waals surface area contributed by atoms with Gasteiger partial charge < -0.3 is 31.2 Å². The van der Waals surface area contributed by atoms with Crippen molar-refractivity contribution in [2.24, 2.45) is 5.73 Å². The Morgan fingerprint density at radius 2 is 2.00 bits per heavy atom. The maximum atomic E-state index is 12.6. The Kier molecular flexibility index (Phi) is 6.25. The normalized spacial score (nSPS) is 13.6. The lowest BCUT2D eigenvalue weighted by atomic mass is 9.93. The standard InChI is InChI=1S/C20H22F3N5O3/c1-19(11-29,13-5-3-6-14(10-13)31-20(21,22)23)28-18-26-15-7-2-4-12(16(15)27-18)8-9-25-17(24)30/h2-7,10,29H,8-9,11H2,1H3,(H3,24,25,30)(H2,26,27,28). The number of hydrogen-bond donors (Lipinski definition) is 5. The van der Waals surface area contributed by atoms with E-state index in [1.807, 2.05) is 18.2 Å². The molecule has 11 heteroatoms. The van der Waals surface area contributed by atoms with Crippen LogP contribution in [0.3, 0.4) is 0 Å². The molecule has 31 heavy (non-hydrogen) atoms. The van der Waals surface area contributed by atoms with E-state index in [0.29, 0.717) is 35.5 Å². The third-order valence-corrected chi connectivity index (χ3v) is 4.71. The first-order chi connectivity index (χ1) is 14.6. The largest absolute Gasteiger partial charge is 0.573 e. The second-order valence-corrected chi connectivity index (χ2v) is 7.13. The molecular formula is C20H22F3N5O3. The predicted octanol–water partition coefficient (Wildman–Crippen LogP) is 2.99. The number of urea groups is 1. The number of nitrogens with two attached hydrogens (primary N) is 1. The lowest BCUT2D eigenvalue weighted by Gasteiger charge is -2.29. The number of aromatic amines is 1. The van der Waals surface area contributed by atoms with E-state index in [0.717, 1.165) is 5.56 Å². The number of nitrogens with one attached hydrogen (secondary N) is 3. The smallest absolute Gasteiger partial charge is 0.406 e. The van der Waals surface area contributed by atoms with E-state index in [4.69, 9.17) is 5.73 Å². The van der Waals surface area contributed by atoms with Crippen LogP contribution >= 0.6 is 0 Å². The molecule has 0 radical (unpaired) electrons. The molecule has 166 valence electrons. The number of halogens is 3. The summed E-state index contributed by atoms with van der Waals surface area (Å²) in [4.78, 5) is 18.5. The van der Waals surface area contributed by atoms with Crippen LogP contribution in [-0.2, 0) is 12.0 Å². The van der Waals surface area contributed by atoms with Crippen LogP contribution in [-0.4, -0.2) is 40.6 Å². The van der Waals surface area contributed by atoms with E-state index in [-0.39, 0.29) is 5.75 Å². The van der Waals surface area contributed by atoms with Crippen molar-refractivity contribution in [1.82, 2.24) is 15.3 Å². The van der Waals surface area contributed by atoms with Crippen molar-refractivity contribution in [3.63, 3.8) is 0 Å². The van der Waals surface area contributed by atoms with Gasteiger partial charge in [-0.3, -0.25) is 0 Å². The van der Waals surface area contributed by atoms with Crippen LogP contribution in [0.25, 0.3) is 11.0 Å². The van der Waals surface area contributed by atoms with E-state index in [1.165, 1.54) is 18.2 Å². The molecule has 1 aromatic heterocycles. The molecule has 1 heterocycles. The molecule has 0 saturated heterocycles. The molecule has 2 amide bonds. The van der Waals surface area contributed by atoms with Crippen molar-refractivity contribution >= 4 is 23.0 Å². The van der Waals surface area contributed by atoms with Gasteiger partial charge >= 0.3 is 12.4 Å². The van der Waals surface area contributed by atoms with E-state index >= 15 is 0 Å². The molecule has 3 aromatic rings. The van der Waals surface area contributed by atoms with E-state index in [9.17, 15) is 23.1 Å². The number of fused-ring (bicyclic) bond motifs is 1. The average molecular weight is 437 g/mol. The number of ether oxygens (including phenoxy) is 1. The molecule has 0 aliphatic heterocycles. The monoisotopic (exact) mass is 437 g/mol. The van der Waals surface area contributed by atoms with Gasteiger partial charge in [0.2, 0.25) is 5.95 Å². The second-order valence-electron chi connectivity index (χ2n) is 7.13. The van der Waals surface area contributed by atoms with Crippen molar-refractivity contribution < 1.29 is 27.8 Å². The Morgan fingerprint density at radius 3 is 2.68 bits per heavy atom. The van der Waals surface area contributed by atoms with Gasteiger partial charge in [-0.2, -0.15) is 0 Å². The third-order valence-electron chi connectivity index (χ3n) is 4.71. The number of imidazole rings is 1. The number of H-pyrrole nitrogens is 1. The number of hydrogen-bond acceptors (Lipinski definition) is 5. The summed E-state index contributed by atoms with van der Waals surface area (Å²) in [6, 6.07) is 10.3. The lowest BCUT2D eigenvalue weighted by Crippen LogP contribution is -2.36. The van der Waals surface area contributed by atoms with Crippen molar-refractivity contribution in [2.75, 3.05) is 18.5 Å². The Labute approximate surface area is 175 Å². The Balaban J connectivity index is 1.86. The Hall–Kier alpha value is -3.47. The zero-order chi connectivity index (χ0) is 22.6. The number of aliphatic hydroxyl groups excluding tert-OH is 1. The number of carbonyl (C=O) groups is 1. The van der Waals surface area contributed by atoms with Crippen molar-refractivity contribution in [3.8, 4) is 5.75 Å². The number of carbonyl (C=O) groups excluding carboxylic acids is 1. The first kappa shape index (κ1) is 22.2. The van der Waals surface area contributed by atoms with E-state index < -0.39 is 24.5 Å². The van der Waals surface area contributed by atoms with Gasteiger partial charge in [-0.05, 0) is 42.7 Å². The van der Waals surface area contributed by atoms with E-state index in [1.54, 1.807) is 13.0 Å². The summed E-state index contributed by atoms with van der Waals surface area (Å²) in [5, 5.41) is 15.6. The summed E-state index contributed by atoms with van der Waals surface area (Å²) in [5.41, 5.74) is 6.55. The highest BCUT2D eigenvalue weighted by Gasteiger charge is 2.33. The fourth-order valence-electron chi connectivity index (χ4n) is 3.17. The maximum absolute atomic E-state index is 12.6. The number of para-hydroxylation sites is 1. The van der Waals surface area contributed by atoms with Gasteiger partial charge in [-0.15, -0.1) is 13.2 Å². The summed E-state index contributed by atoms with van der Waals surface area (Å²) in [6.45, 7) is 1.55. The highest BCUT2D eigenvalue weighted by atomic mass is 19.4. The molecular weight excluding hydrogens is 415 g/mol. The first-order valence-electron chi connectivity index (χ1n) is 9.36. The molecule has 6 N–H and O–H groups in total. The molecule has 0 fully saturated rings. The zero-order valence-electron chi connectivity index (χ0n) is 16.6.